The van der Waals surface area contributed by atoms with Crippen LogP contribution in [0.4, 0.5) is 5.69 Å². The third kappa shape index (κ3) is 3.71. The number of likely N-dealkylation sites (N-methyl/N-ethyl adjacent to an activating group) is 1. The van der Waals surface area contributed by atoms with Gasteiger partial charge in [-0.15, -0.1) is 11.8 Å². The van der Waals surface area contributed by atoms with Crippen molar-refractivity contribution < 1.29 is 9.59 Å². The highest BCUT2D eigenvalue weighted by Crippen LogP contribution is 2.31. The fourth-order valence-electron chi connectivity index (χ4n) is 1.76. The molecule has 2 amide bonds. The summed E-state index contributed by atoms with van der Waals surface area (Å²) in [6, 6.07) is 5.41. The van der Waals surface area contributed by atoms with Crippen molar-refractivity contribution >= 4 is 29.3 Å². The fraction of sp³-hybridized carbons (Fsp3) is 0.385. The molecule has 1 aromatic rings. The number of hydrogen-bond donors (Lipinski definition) is 3. The molecule has 1 aliphatic rings. The number of fused-ring (bicyclic) bond motifs is 1. The van der Waals surface area contributed by atoms with Gasteiger partial charge in [0, 0.05) is 35.7 Å². The Morgan fingerprint density at radius 2 is 2.26 bits per heavy atom. The second-order valence-corrected chi connectivity index (χ2v) is 5.35. The minimum Gasteiger partial charge on any atom is -0.351 e. The molecule has 6 heteroatoms. The second-order valence-electron chi connectivity index (χ2n) is 4.22. The first-order valence-electron chi connectivity index (χ1n) is 6.20. The summed E-state index contributed by atoms with van der Waals surface area (Å²) in [5.74, 6) is 0.646. The minimum absolute atomic E-state index is 0.000934. The molecule has 0 unspecified atom stereocenters. The number of amides is 2. The Morgan fingerprint density at radius 1 is 1.42 bits per heavy atom. The molecular formula is C13H17N3O2S. The fourth-order valence-corrected chi connectivity index (χ4v) is 2.70. The Balaban J connectivity index is 2.11. The summed E-state index contributed by atoms with van der Waals surface area (Å²) in [5, 5.41) is 8.61. The van der Waals surface area contributed by atoms with E-state index in [9.17, 15) is 9.59 Å². The highest BCUT2D eigenvalue weighted by Gasteiger charge is 2.15. The lowest BCUT2D eigenvalue weighted by molar-refractivity contribution is -0.115. The molecule has 0 saturated heterocycles. The van der Waals surface area contributed by atoms with Gasteiger partial charge in [-0.3, -0.25) is 9.59 Å². The van der Waals surface area contributed by atoms with Crippen molar-refractivity contribution in [1.29, 1.82) is 0 Å². The molecule has 0 radical (unpaired) electrons. The van der Waals surface area contributed by atoms with Crippen molar-refractivity contribution in [3.8, 4) is 0 Å². The van der Waals surface area contributed by atoms with E-state index in [1.807, 2.05) is 13.1 Å². The quantitative estimate of drug-likeness (QED) is 0.721. The number of nitrogens with one attached hydrogen (secondary N) is 3. The standard InChI is InChI=1S/C13H17N3O2S/c1-14-5-6-15-13(18)9-2-3-11-10(8-9)16-12(17)4-7-19-11/h2-3,8,14H,4-7H2,1H3,(H,15,18)(H,16,17). The van der Waals surface area contributed by atoms with E-state index in [2.05, 4.69) is 16.0 Å². The van der Waals surface area contributed by atoms with Crippen LogP contribution < -0.4 is 16.0 Å². The molecule has 2 rings (SSSR count). The largest absolute Gasteiger partial charge is 0.351 e. The zero-order chi connectivity index (χ0) is 13.7. The Bertz CT molecular complexity index is 491. The van der Waals surface area contributed by atoms with Crippen LogP contribution in [-0.4, -0.2) is 37.7 Å². The van der Waals surface area contributed by atoms with Gasteiger partial charge in [0.05, 0.1) is 5.69 Å². The van der Waals surface area contributed by atoms with E-state index < -0.39 is 0 Å². The molecule has 1 heterocycles. The normalized spacial score (nSPS) is 14.3. The highest BCUT2D eigenvalue weighted by atomic mass is 32.2. The van der Waals surface area contributed by atoms with Crippen LogP contribution in [0.2, 0.25) is 0 Å². The van der Waals surface area contributed by atoms with Gasteiger partial charge in [-0.25, -0.2) is 0 Å². The van der Waals surface area contributed by atoms with Crippen LogP contribution in [0.3, 0.4) is 0 Å². The van der Waals surface area contributed by atoms with Crippen LogP contribution in [0, 0.1) is 0 Å². The predicted molar refractivity (Wildman–Crippen MR) is 76.7 cm³/mol. The monoisotopic (exact) mass is 279 g/mol. The molecule has 0 saturated carbocycles. The van der Waals surface area contributed by atoms with Crippen LogP contribution in [0.1, 0.15) is 16.8 Å². The van der Waals surface area contributed by atoms with Crippen molar-refractivity contribution in [2.24, 2.45) is 0 Å². The Labute approximate surface area is 116 Å². The molecule has 1 aliphatic heterocycles. The highest BCUT2D eigenvalue weighted by molar-refractivity contribution is 7.99. The predicted octanol–water partition coefficient (Wildman–Crippen LogP) is 1.07. The summed E-state index contributed by atoms with van der Waals surface area (Å²) in [6.45, 7) is 1.30. The maximum absolute atomic E-state index is 11.9. The summed E-state index contributed by atoms with van der Waals surface area (Å²) in [4.78, 5) is 24.4. The van der Waals surface area contributed by atoms with Gasteiger partial charge in [0.2, 0.25) is 5.91 Å². The zero-order valence-electron chi connectivity index (χ0n) is 10.8. The zero-order valence-corrected chi connectivity index (χ0v) is 11.6. The van der Waals surface area contributed by atoms with E-state index in [4.69, 9.17) is 0 Å². The molecule has 0 spiro atoms. The first kappa shape index (κ1) is 13.9. The number of rotatable bonds is 4. The second kappa shape index (κ2) is 6.58. The maximum atomic E-state index is 11.9. The summed E-state index contributed by atoms with van der Waals surface area (Å²) >= 11 is 1.63. The Hall–Kier alpha value is -1.53. The molecule has 5 nitrogen and oxygen atoms in total. The number of benzene rings is 1. The summed E-state index contributed by atoms with van der Waals surface area (Å²) in [7, 11) is 1.83. The van der Waals surface area contributed by atoms with Gasteiger partial charge < -0.3 is 16.0 Å². The first-order valence-corrected chi connectivity index (χ1v) is 7.19. The molecule has 1 aromatic carbocycles. The summed E-state index contributed by atoms with van der Waals surface area (Å²) < 4.78 is 0. The molecule has 0 aliphatic carbocycles. The maximum Gasteiger partial charge on any atom is 0.251 e. The molecule has 0 fully saturated rings. The smallest absolute Gasteiger partial charge is 0.251 e. The van der Waals surface area contributed by atoms with E-state index in [0.717, 1.165) is 22.9 Å². The van der Waals surface area contributed by atoms with E-state index in [1.54, 1.807) is 23.9 Å². The van der Waals surface area contributed by atoms with Crippen molar-refractivity contribution in [2.75, 3.05) is 31.2 Å². The van der Waals surface area contributed by atoms with Crippen molar-refractivity contribution in [3.63, 3.8) is 0 Å². The van der Waals surface area contributed by atoms with E-state index >= 15 is 0 Å². The van der Waals surface area contributed by atoms with E-state index in [-0.39, 0.29) is 11.8 Å². The lowest BCUT2D eigenvalue weighted by Gasteiger charge is -2.09. The van der Waals surface area contributed by atoms with E-state index in [0.29, 0.717) is 18.5 Å². The average molecular weight is 279 g/mol. The van der Waals surface area contributed by atoms with Gasteiger partial charge in [0.15, 0.2) is 0 Å². The minimum atomic E-state index is -0.124. The van der Waals surface area contributed by atoms with Crippen LogP contribution in [0.15, 0.2) is 23.1 Å². The van der Waals surface area contributed by atoms with E-state index in [1.165, 1.54) is 0 Å². The summed E-state index contributed by atoms with van der Waals surface area (Å²) in [5.41, 5.74) is 1.30. The molecule has 0 aromatic heterocycles. The third-order valence-electron chi connectivity index (χ3n) is 2.76. The van der Waals surface area contributed by atoms with Gasteiger partial charge in [0.1, 0.15) is 0 Å². The van der Waals surface area contributed by atoms with Crippen LogP contribution >= 0.6 is 11.8 Å². The number of carbonyl (C=O) groups is 2. The number of hydrogen-bond acceptors (Lipinski definition) is 4. The van der Waals surface area contributed by atoms with Crippen LogP contribution in [0.5, 0.6) is 0 Å². The number of thioether (sulfide) groups is 1. The van der Waals surface area contributed by atoms with Gasteiger partial charge in [-0.2, -0.15) is 0 Å². The van der Waals surface area contributed by atoms with Crippen LogP contribution in [0.25, 0.3) is 0 Å². The van der Waals surface area contributed by atoms with Gasteiger partial charge in [0.25, 0.3) is 5.91 Å². The van der Waals surface area contributed by atoms with Gasteiger partial charge >= 0.3 is 0 Å². The number of anilines is 1. The third-order valence-corrected chi connectivity index (χ3v) is 3.84. The molecule has 19 heavy (non-hydrogen) atoms. The molecule has 0 atom stereocenters. The molecule has 3 N–H and O–H groups in total. The Kier molecular flexibility index (Phi) is 4.81. The topological polar surface area (TPSA) is 70.2 Å². The first-order chi connectivity index (χ1) is 9.20. The average Bonchev–Trinajstić information content (AvgIpc) is 2.58. The van der Waals surface area contributed by atoms with Gasteiger partial charge in [-0.05, 0) is 25.2 Å². The molecule has 102 valence electrons. The number of carbonyl (C=O) groups excluding carboxylic acids is 2. The molecule has 0 bridgehead atoms. The summed E-state index contributed by atoms with van der Waals surface area (Å²) in [6.07, 6.45) is 0.503. The van der Waals surface area contributed by atoms with Crippen molar-refractivity contribution in [1.82, 2.24) is 10.6 Å². The van der Waals surface area contributed by atoms with Crippen LogP contribution in [-0.2, 0) is 4.79 Å². The lowest BCUT2D eigenvalue weighted by Crippen LogP contribution is -2.30. The molecular weight excluding hydrogens is 262 g/mol. The van der Waals surface area contributed by atoms with Gasteiger partial charge in [-0.1, -0.05) is 0 Å². The Morgan fingerprint density at radius 3 is 3.05 bits per heavy atom. The van der Waals surface area contributed by atoms with Crippen molar-refractivity contribution in [2.45, 2.75) is 11.3 Å². The van der Waals surface area contributed by atoms with Crippen molar-refractivity contribution in [3.05, 3.63) is 23.8 Å². The lowest BCUT2D eigenvalue weighted by atomic mass is 10.2. The SMILES string of the molecule is CNCCNC(=O)c1ccc2c(c1)NC(=O)CCS2.